The van der Waals surface area contributed by atoms with Gasteiger partial charge in [-0.25, -0.2) is 4.98 Å². The van der Waals surface area contributed by atoms with Crippen molar-refractivity contribution >= 4 is 60.6 Å². The van der Waals surface area contributed by atoms with Crippen molar-refractivity contribution in [2.24, 2.45) is 0 Å². The lowest BCUT2D eigenvalue weighted by molar-refractivity contribution is -0.111. The number of halogens is 2. The highest BCUT2D eigenvalue weighted by atomic mass is 79.9. The van der Waals surface area contributed by atoms with Crippen molar-refractivity contribution in [3.05, 3.63) is 80.7 Å². The Labute approximate surface area is 215 Å². The number of nitrogens with zero attached hydrogens (tertiary/aromatic N) is 1. The molecule has 0 radical (unpaired) electrons. The Morgan fingerprint density at radius 1 is 1.18 bits per heavy atom. The topological polar surface area (TPSA) is 64.4 Å². The molecule has 0 aliphatic rings. The number of benzene rings is 3. The zero-order chi connectivity index (χ0) is 24.2. The van der Waals surface area contributed by atoms with Gasteiger partial charge in [0.25, 0.3) is 0 Å². The van der Waals surface area contributed by atoms with Crippen LogP contribution in [0.25, 0.3) is 28.6 Å². The molecule has 0 spiro atoms. The third-order valence-corrected chi connectivity index (χ3v) is 6.67. The Kier molecular flexibility index (Phi) is 7.54. The Bertz CT molecular complexity index is 1380. The highest BCUT2D eigenvalue weighted by Crippen LogP contribution is 2.33. The van der Waals surface area contributed by atoms with Crippen LogP contribution in [0, 0.1) is 0 Å². The Hall–Kier alpha value is -2.90. The first-order valence-electron chi connectivity index (χ1n) is 10.9. The standard InChI is InChI=1S/C27H24Br2N2O3/c1-4-16(2)17-8-10-24-23(14-17)31-27(34-24)19-6-5-7-21(13-19)30-25(32)11-9-18-12-20(28)15-22(29)26(18)33-3/h5-16H,4H2,1-3H3,(H,30,32). The normalized spacial score (nSPS) is 12.3. The maximum absolute atomic E-state index is 12.6. The minimum atomic E-state index is -0.258. The van der Waals surface area contributed by atoms with Gasteiger partial charge < -0.3 is 14.5 Å². The largest absolute Gasteiger partial charge is 0.495 e. The quantitative estimate of drug-likeness (QED) is 0.223. The number of nitrogens with one attached hydrogen (secondary N) is 1. The van der Waals surface area contributed by atoms with Crippen molar-refractivity contribution < 1.29 is 13.9 Å². The monoisotopic (exact) mass is 582 g/mol. The number of aromatic nitrogens is 1. The number of methoxy groups -OCH3 is 1. The van der Waals surface area contributed by atoms with E-state index >= 15 is 0 Å². The third-order valence-electron chi connectivity index (χ3n) is 5.63. The Morgan fingerprint density at radius 3 is 2.76 bits per heavy atom. The molecular weight excluding hydrogens is 560 g/mol. The summed E-state index contributed by atoms with van der Waals surface area (Å²) in [5.41, 5.74) is 5.04. The van der Waals surface area contributed by atoms with Crippen LogP contribution < -0.4 is 10.1 Å². The number of hydrogen-bond acceptors (Lipinski definition) is 4. The fourth-order valence-electron chi connectivity index (χ4n) is 3.61. The predicted molar refractivity (Wildman–Crippen MR) is 144 cm³/mol. The van der Waals surface area contributed by atoms with Crippen LogP contribution in [0.5, 0.6) is 5.75 Å². The van der Waals surface area contributed by atoms with Gasteiger partial charge in [0.2, 0.25) is 11.8 Å². The van der Waals surface area contributed by atoms with Gasteiger partial charge in [0.1, 0.15) is 11.3 Å². The number of fused-ring (bicyclic) bond motifs is 1. The van der Waals surface area contributed by atoms with E-state index in [4.69, 9.17) is 9.15 Å². The zero-order valence-electron chi connectivity index (χ0n) is 19.1. The fourth-order valence-corrected chi connectivity index (χ4v) is 5.03. The number of amides is 1. The van der Waals surface area contributed by atoms with E-state index < -0.39 is 0 Å². The van der Waals surface area contributed by atoms with Crippen LogP contribution in [0.2, 0.25) is 0 Å². The van der Waals surface area contributed by atoms with Crippen LogP contribution in [0.3, 0.4) is 0 Å². The summed E-state index contributed by atoms with van der Waals surface area (Å²) in [6, 6.07) is 17.4. The van der Waals surface area contributed by atoms with Crippen molar-refractivity contribution in [3.63, 3.8) is 0 Å². The van der Waals surface area contributed by atoms with Gasteiger partial charge in [-0.2, -0.15) is 0 Å². The van der Waals surface area contributed by atoms with E-state index in [-0.39, 0.29) is 5.91 Å². The van der Waals surface area contributed by atoms with Crippen LogP contribution in [0.1, 0.15) is 37.3 Å². The molecule has 1 atom stereocenters. The van der Waals surface area contributed by atoms with Crippen molar-refractivity contribution in [1.82, 2.24) is 4.98 Å². The van der Waals surface area contributed by atoms with E-state index in [0.29, 0.717) is 23.2 Å². The summed E-state index contributed by atoms with van der Waals surface area (Å²) in [6.45, 7) is 4.38. The number of carbonyl (C=O) groups is 1. The maximum atomic E-state index is 12.6. The molecule has 1 amide bonds. The fraction of sp³-hybridized carbons (Fsp3) is 0.185. The van der Waals surface area contributed by atoms with E-state index in [1.165, 1.54) is 11.6 Å². The van der Waals surface area contributed by atoms with Crippen LogP contribution in [0.4, 0.5) is 5.69 Å². The number of carbonyl (C=O) groups excluding carboxylic acids is 1. The molecule has 3 aromatic carbocycles. The summed E-state index contributed by atoms with van der Waals surface area (Å²) >= 11 is 6.93. The summed E-state index contributed by atoms with van der Waals surface area (Å²) in [5.74, 6) is 1.38. The molecular formula is C27H24Br2N2O3. The van der Waals surface area contributed by atoms with Gasteiger partial charge in [-0.15, -0.1) is 0 Å². The van der Waals surface area contributed by atoms with Crippen LogP contribution in [-0.2, 0) is 4.79 Å². The first kappa shape index (κ1) is 24.2. The van der Waals surface area contributed by atoms with E-state index in [1.54, 1.807) is 13.2 Å². The summed E-state index contributed by atoms with van der Waals surface area (Å²) in [5, 5.41) is 2.90. The molecule has 0 aliphatic carbocycles. The van der Waals surface area contributed by atoms with Gasteiger partial charge in [0.15, 0.2) is 5.58 Å². The molecule has 0 fully saturated rings. The first-order chi connectivity index (χ1) is 16.4. The van der Waals surface area contributed by atoms with Crippen LogP contribution in [0.15, 0.2) is 74.0 Å². The molecule has 1 unspecified atom stereocenters. The lowest BCUT2D eigenvalue weighted by Crippen LogP contribution is -2.07. The van der Waals surface area contributed by atoms with E-state index in [1.807, 2.05) is 42.5 Å². The maximum Gasteiger partial charge on any atom is 0.248 e. The molecule has 174 valence electrons. The molecule has 34 heavy (non-hydrogen) atoms. The van der Waals surface area contributed by atoms with E-state index in [0.717, 1.165) is 37.6 Å². The zero-order valence-corrected chi connectivity index (χ0v) is 22.2. The van der Waals surface area contributed by atoms with Crippen molar-refractivity contribution in [2.45, 2.75) is 26.2 Å². The average Bonchev–Trinajstić information content (AvgIpc) is 3.25. The molecule has 7 heteroatoms. The third kappa shape index (κ3) is 5.42. The van der Waals surface area contributed by atoms with Gasteiger partial charge in [-0.3, -0.25) is 4.79 Å². The average molecular weight is 584 g/mol. The summed E-state index contributed by atoms with van der Waals surface area (Å²) in [7, 11) is 1.59. The molecule has 5 nitrogen and oxygen atoms in total. The predicted octanol–water partition coefficient (Wildman–Crippen LogP) is 8.19. The number of hydrogen-bond donors (Lipinski definition) is 1. The molecule has 0 saturated carbocycles. The van der Waals surface area contributed by atoms with Crippen LogP contribution in [-0.4, -0.2) is 18.0 Å². The lowest BCUT2D eigenvalue weighted by Gasteiger charge is -2.08. The van der Waals surface area contributed by atoms with E-state index in [9.17, 15) is 4.79 Å². The van der Waals surface area contributed by atoms with Gasteiger partial charge in [-0.05, 0) is 82.4 Å². The molecule has 1 aromatic heterocycles. The lowest BCUT2D eigenvalue weighted by atomic mass is 9.98. The second kappa shape index (κ2) is 10.6. The molecule has 4 rings (SSSR count). The minimum absolute atomic E-state index is 0.258. The number of oxazole rings is 1. The van der Waals surface area contributed by atoms with Crippen LogP contribution >= 0.6 is 31.9 Å². The van der Waals surface area contributed by atoms with Gasteiger partial charge in [0.05, 0.1) is 11.6 Å². The van der Waals surface area contributed by atoms with Crippen molar-refractivity contribution in [3.8, 4) is 17.2 Å². The van der Waals surface area contributed by atoms with Gasteiger partial charge in [0, 0.05) is 27.4 Å². The molecule has 4 aromatic rings. The Morgan fingerprint density at radius 2 is 2.00 bits per heavy atom. The number of anilines is 1. The molecule has 0 bridgehead atoms. The number of ether oxygens (including phenoxy) is 1. The minimum Gasteiger partial charge on any atom is -0.495 e. The summed E-state index contributed by atoms with van der Waals surface area (Å²) in [4.78, 5) is 17.2. The number of rotatable bonds is 7. The molecule has 1 heterocycles. The first-order valence-corrected chi connectivity index (χ1v) is 12.5. The van der Waals surface area contributed by atoms with Gasteiger partial charge >= 0.3 is 0 Å². The van der Waals surface area contributed by atoms with Crippen molar-refractivity contribution in [2.75, 3.05) is 12.4 Å². The van der Waals surface area contributed by atoms with Gasteiger partial charge in [-0.1, -0.05) is 41.9 Å². The summed E-state index contributed by atoms with van der Waals surface area (Å²) < 4.78 is 13.1. The summed E-state index contributed by atoms with van der Waals surface area (Å²) in [6.07, 6.45) is 4.25. The second-order valence-electron chi connectivity index (χ2n) is 7.97. The second-order valence-corrected chi connectivity index (χ2v) is 9.74. The highest BCUT2D eigenvalue weighted by Gasteiger charge is 2.12. The Balaban J connectivity index is 1.53. The SMILES string of the molecule is CCC(C)c1ccc2oc(-c3cccc(NC(=O)C=Cc4cc(Br)cc(Br)c4OC)c3)nc2c1. The molecule has 0 saturated heterocycles. The smallest absolute Gasteiger partial charge is 0.248 e. The molecule has 0 aliphatic heterocycles. The van der Waals surface area contributed by atoms with E-state index in [2.05, 4.69) is 68.1 Å². The molecule has 1 N–H and O–H groups in total. The highest BCUT2D eigenvalue weighted by molar-refractivity contribution is 9.11. The van der Waals surface area contributed by atoms with Crippen molar-refractivity contribution in [1.29, 1.82) is 0 Å².